The number of carbonyl (C=O) groups excluding carboxylic acids is 1. The van der Waals surface area contributed by atoms with Gasteiger partial charge in [0.05, 0.1) is 0 Å². The zero-order valence-corrected chi connectivity index (χ0v) is 13.4. The summed E-state index contributed by atoms with van der Waals surface area (Å²) in [6.45, 7) is 6.04. The van der Waals surface area contributed by atoms with Gasteiger partial charge in [-0.3, -0.25) is 4.79 Å². The molecule has 21 heavy (non-hydrogen) atoms. The molecule has 2 rings (SSSR count). The Bertz CT molecular complexity index is 621. The van der Waals surface area contributed by atoms with Crippen LogP contribution in [0.5, 0.6) is 0 Å². The number of rotatable bonds is 3. The van der Waals surface area contributed by atoms with E-state index in [2.05, 4.69) is 6.92 Å². The highest BCUT2D eigenvalue weighted by Gasteiger charge is 2.24. The molecule has 1 fully saturated rings. The smallest absolute Gasteiger partial charge is 0.270 e. The van der Waals surface area contributed by atoms with Crippen molar-refractivity contribution in [3.8, 4) is 0 Å². The average molecular weight is 313 g/mol. The van der Waals surface area contributed by atoms with E-state index in [1.54, 1.807) is 4.57 Å². The standard InChI is InChI=1S/C14H23N3O3S/c1-3-16-10-12(21(15,19)20)9-13(16)14(18)17-7-4-5-11(2)6-8-17/h9-11H,3-8H2,1-2H3,(H2,15,19,20). The van der Waals surface area contributed by atoms with E-state index in [0.29, 0.717) is 18.2 Å². The first-order valence-electron chi connectivity index (χ1n) is 7.35. The summed E-state index contributed by atoms with van der Waals surface area (Å²) in [5.74, 6) is 0.515. The summed E-state index contributed by atoms with van der Waals surface area (Å²) >= 11 is 0. The van der Waals surface area contributed by atoms with Crippen molar-refractivity contribution >= 4 is 15.9 Å². The minimum absolute atomic E-state index is 0.00381. The summed E-state index contributed by atoms with van der Waals surface area (Å²) in [6.07, 6.45) is 4.53. The number of likely N-dealkylation sites (tertiary alicyclic amines) is 1. The number of sulfonamides is 1. The van der Waals surface area contributed by atoms with E-state index >= 15 is 0 Å². The lowest BCUT2D eigenvalue weighted by Gasteiger charge is -2.21. The van der Waals surface area contributed by atoms with Gasteiger partial charge in [0.25, 0.3) is 5.91 Å². The van der Waals surface area contributed by atoms with Crippen LogP contribution in [0.4, 0.5) is 0 Å². The predicted octanol–water partition coefficient (Wildman–Crippen LogP) is 1.42. The monoisotopic (exact) mass is 313 g/mol. The van der Waals surface area contributed by atoms with Gasteiger partial charge in [0.2, 0.25) is 10.0 Å². The Morgan fingerprint density at radius 3 is 2.71 bits per heavy atom. The van der Waals surface area contributed by atoms with Gasteiger partial charge in [0, 0.05) is 25.8 Å². The number of primary sulfonamides is 1. The quantitative estimate of drug-likeness (QED) is 0.915. The number of hydrogen-bond acceptors (Lipinski definition) is 3. The Kier molecular flexibility index (Phi) is 4.73. The Morgan fingerprint density at radius 2 is 2.10 bits per heavy atom. The molecule has 1 atom stereocenters. The molecule has 2 N–H and O–H groups in total. The van der Waals surface area contributed by atoms with Gasteiger partial charge in [0.1, 0.15) is 10.6 Å². The van der Waals surface area contributed by atoms with Crippen molar-refractivity contribution in [2.24, 2.45) is 11.1 Å². The van der Waals surface area contributed by atoms with Crippen molar-refractivity contribution in [2.45, 2.75) is 44.6 Å². The number of hydrogen-bond donors (Lipinski definition) is 1. The van der Waals surface area contributed by atoms with Gasteiger partial charge in [-0.1, -0.05) is 6.92 Å². The lowest BCUT2D eigenvalue weighted by atomic mass is 10.0. The first-order chi connectivity index (χ1) is 9.82. The summed E-state index contributed by atoms with van der Waals surface area (Å²) in [7, 11) is -3.79. The fourth-order valence-corrected chi connectivity index (χ4v) is 3.26. The van der Waals surface area contributed by atoms with Gasteiger partial charge >= 0.3 is 0 Å². The molecule has 0 aromatic carbocycles. The fourth-order valence-electron chi connectivity index (χ4n) is 2.71. The zero-order chi connectivity index (χ0) is 15.6. The van der Waals surface area contributed by atoms with Crippen molar-refractivity contribution in [1.29, 1.82) is 0 Å². The first kappa shape index (κ1) is 16.0. The topological polar surface area (TPSA) is 85.4 Å². The molecule has 2 heterocycles. The van der Waals surface area contributed by atoms with E-state index < -0.39 is 10.0 Å². The molecule has 0 radical (unpaired) electrons. The molecule has 6 nitrogen and oxygen atoms in total. The fraction of sp³-hybridized carbons (Fsp3) is 0.643. The van der Waals surface area contributed by atoms with Crippen LogP contribution in [-0.4, -0.2) is 36.9 Å². The summed E-state index contributed by atoms with van der Waals surface area (Å²) in [4.78, 5) is 14.5. The SMILES string of the molecule is CCn1cc(S(N)(=O)=O)cc1C(=O)N1CCCC(C)CC1. The van der Waals surface area contributed by atoms with Crippen molar-refractivity contribution in [2.75, 3.05) is 13.1 Å². The second kappa shape index (κ2) is 6.19. The normalized spacial score (nSPS) is 20.3. The van der Waals surface area contributed by atoms with Crippen molar-refractivity contribution in [3.05, 3.63) is 18.0 Å². The summed E-state index contributed by atoms with van der Waals surface area (Å²) in [5, 5.41) is 5.15. The molecule has 1 unspecified atom stereocenters. The van der Waals surface area contributed by atoms with E-state index in [1.807, 2.05) is 11.8 Å². The molecule has 1 amide bonds. The second-order valence-corrected chi connectivity index (χ2v) is 7.28. The van der Waals surface area contributed by atoms with Crippen molar-refractivity contribution < 1.29 is 13.2 Å². The molecule has 1 aromatic heterocycles. The highest BCUT2D eigenvalue weighted by atomic mass is 32.2. The Hall–Kier alpha value is -1.34. The number of nitrogens with zero attached hydrogens (tertiary/aromatic N) is 2. The summed E-state index contributed by atoms with van der Waals surface area (Å²) in [6, 6.07) is 1.38. The molecule has 0 bridgehead atoms. The number of carbonyl (C=O) groups is 1. The number of aryl methyl sites for hydroxylation is 1. The molecule has 0 saturated carbocycles. The average Bonchev–Trinajstić information content (AvgIpc) is 2.75. The molecule has 0 spiro atoms. The molecule has 1 aliphatic rings. The minimum atomic E-state index is -3.79. The van der Waals surface area contributed by atoms with Crippen LogP contribution in [0, 0.1) is 5.92 Å². The van der Waals surface area contributed by atoms with E-state index in [1.165, 1.54) is 12.3 Å². The van der Waals surface area contributed by atoms with Crippen LogP contribution >= 0.6 is 0 Å². The number of aromatic nitrogens is 1. The van der Waals surface area contributed by atoms with Crippen LogP contribution in [0.2, 0.25) is 0 Å². The number of amides is 1. The minimum Gasteiger partial charge on any atom is -0.342 e. The van der Waals surface area contributed by atoms with Crippen molar-refractivity contribution in [3.63, 3.8) is 0 Å². The maximum absolute atomic E-state index is 12.6. The van der Waals surface area contributed by atoms with Gasteiger partial charge < -0.3 is 9.47 Å². The van der Waals surface area contributed by atoms with Gasteiger partial charge in [-0.05, 0) is 38.2 Å². The van der Waals surface area contributed by atoms with E-state index in [4.69, 9.17) is 5.14 Å². The predicted molar refractivity (Wildman–Crippen MR) is 80.4 cm³/mol. The third-order valence-electron chi connectivity index (χ3n) is 4.06. The summed E-state index contributed by atoms with van der Waals surface area (Å²) < 4.78 is 24.6. The largest absolute Gasteiger partial charge is 0.342 e. The third-order valence-corrected chi connectivity index (χ3v) is 4.94. The van der Waals surface area contributed by atoms with Crippen LogP contribution in [0.25, 0.3) is 0 Å². The van der Waals surface area contributed by atoms with E-state index in [-0.39, 0.29) is 10.8 Å². The van der Waals surface area contributed by atoms with Crippen LogP contribution in [-0.2, 0) is 16.6 Å². The van der Waals surface area contributed by atoms with Crippen LogP contribution in [0.1, 0.15) is 43.6 Å². The zero-order valence-electron chi connectivity index (χ0n) is 12.6. The Morgan fingerprint density at radius 1 is 1.38 bits per heavy atom. The third kappa shape index (κ3) is 3.65. The number of nitrogens with two attached hydrogens (primary N) is 1. The van der Waals surface area contributed by atoms with Crippen LogP contribution in [0.15, 0.2) is 17.2 Å². The molecule has 1 aliphatic heterocycles. The molecular formula is C14H23N3O3S. The van der Waals surface area contributed by atoms with E-state index in [9.17, 15) is 13.2 Å². The van der Waals surface area contributed by atoms with Crippen LogP contribution < -0.4 is 5.14 Å². The highest BCUT2D eigenvalue weighted by Crippen LogP contribution is 2.20. The Labute approximate surface area is 126 Å². The maximum atomic E-state index is 12.6. The van der Waals surface area contributed by atoms with Gasteiger partial charge in [-0.2, -0.15) is 0 Å². The lowest BCUT2D eigenvalue weighted by molar-refractivity contribution is 0.0749. The van der Waals surface area contributed by atoms with Crippen LogP contribution in [0.3, 0.4) is 0 Å². The lowest BCUT2D eigenvalue weighted by Crippen LogP contribution is -2.33. The van der Waals surface area contributed by atoms with Crippen molar-refractivity contribution in [1.82, 2.24) is 9.47 Å². The second-order valence-electron chi connectivity index (χ2n) is 5.72. The van der Waals surface area contributed by atoms with Gasteiger partial charge in [-0.15, -0.1) is 0 Å². The van der Waals surface area contributed by atoms with Gasteiger partial charge in [0.15, 0.2) is 0 Å². The molecule has 1 saturated heterocycles. The summed E-state index contributed by atoms with van der Waals surface area (Å²) in [5.41, 5.74) is 0.399. The molecule has 0 aliphatic carbocycles. The first-order valence-corrected chi connectivity index (χ1v) is 8.89. The molecule has 1 aromatic rings. The highest BCUT2D eigenvalue weighted by molar-refractivity contribution is 7.89. The van der Waals surface area contributed by atoms with E-state index in [0.717, 1.165) is 32.4 Å². The molecule has 7 heteroatoms. The van der Waals surface area contributed by atoms with Gasteiger partial charge in [-0.25, -0.2) is 13.6 Å². The molecular weight excluding hydrogens is 290 g/mol. The Balaban J connectivity index is 2.28. The molecule has 118 valence electrons. The maximum Gasteiger partial charge on any atom is 0.270 e.